The second-order valence-corrected chi connectivity index (χ2v) is 5.00. The molecular formula is C14H17ClFNO. The molecule has 1 aliphatic rings. The summed E-state index contributed by atoms with van der Waals surface area (Å²) in [6, 6.07) is 5.13. The number of rotatable bonds is 3. The van der Waals surface area contributed by atoms with Crippen molar-refractivity contribution in [3.05, 3.63) is 40.2 Å². The zero-order chi connectivity index (χ0) is 13.0. The van der Waals surface area contributed by atoms with Gasteiger partial charge in [-0.25, -0.2) is 4.39 Å². The molecular weight excluding hydrogens is 253 g/mol. The number of hydrogen-bond donors (Lipinski definition) is 1. The van der Waals surface area contributed by atoms with Crippen LogP contribution in [0.4, 0.5) is 4.39 Å². The summed E-state index contributed by atoms with van der Waals surface area (Å²) in [7, 11) is 0. The van der Waals surface area contributed by atoms with Gasteiger partial charge in [0.2, 0.25) is 0 Å². The Balaban J connectivity index is 2.00. The zero-order valence-electron chi connectivity index (χ0n) is 10.4. The van der Waals surface area contributed by atoms with Crippen molar-refractivity contribution in [1.29, 1.82) is 0 Å². The van der Waals surface area contributed by atoms with Gasteiger partial charge in [-0.15, -0.1) is 0 Å². The van der Waals surface area contributed by atoms with Crippen molar-refractivity contribution in [1.82, 2.24) is 5.32 Å². The zero-order valence-corrected chi connectivity index (χ0v) is 11.1. The van der Waals surface area contributed by atoms with Crippen LogP contribution < -0.4 is 5.32 Å². The summed E-state index contributed by atoms with van der Waals surface area (Å²) in [5, 5.41) is 3.57. The van der Waals surface area contributed by atoms with Crippen LogP contribution in [0.1, 0.15) is 18.9 Å². The quantitative estimate of drug-likeness (QED) is 0.909. The van der Waals surface area contributed by atoms with E-state index in [0.29, 0.717) is 6.04 Å². The Hall–Kier alpha value is -0.900. The van der Waals surface area contributed by atoms with E-state index in [1.54, 1.807) is 12.1 Å². The maximum absolute atomic E-state index is 13.0. The average molecular weight is 270 g/mol. The minimum absolute atomic E-state index is 0.163. The van der Waals surface area contributed by atoms with Crippen LogP contribution >= 0.6 is 11.6 Å². The molecule has 1 aromatic carbocycles. The summed E-state index contributed by atoms with van der Waals surface area (Å²) in [5.74, 6) is -0.381. The fraction of sp³-hybridized carbons (Fsp3) is 0.429. The van der Waals surface area contributed by atoms with Gasteiger partial charge in [-0.05, 0) is 31.0 Å². The first-order valence-corrected chi connectivity index (χ1v) is 6.46. The van der Waals surface area contributed by atoms with Gasteiger partial charge in [-0.2, -0.15) is 0 Å². The summed E-state index contributed by atoms with van der Waals surface area (Å²) in [6.45, 7) is 4.50. The van der Waals surface area contributed by atoms with Gasteiger partial charge < -0.3 is 10.1 Å². The second-order valence-electron chi connectivity index (χ2n) is 4.59. The highest BCUT2D eigenvalue weighted by Crippen LogP contribution is 2.19. The molecule has 1 atom stereocenters. The van der Waals surface area contributed by atoms with Gasteiger partial charge in [-0.1, -0.05) is 29.3 Å². The number of hydrogen-bond acceptors (Lipinski definition) is 2. The van der Waals surface area contributed by atoms with Gasteiger partial charge in [0.05, 0.1) is 18.2 Å². The van der Waals surface area contributed by atoms with Gasteiger partial charge in [0.15, 0.2) is 0 Å². The molecule has 0 amide bonds. The van der Waals surface area contributed by atoms with Crippen molar-refractivity contribution < 1.29 is 9.13 Å². The predicted octanol–water partition coefficient (Wildman–Crippen LogP) is 3.26. The van der Waals surface area contributed by atoms with Gasteiger partial charge in [0.1, 0.15) is 5.82 Å². The Morgan fingerprint density at radius 1 is 1.61 bits per heavy atom. The topological polar surface area (TPSA) is 21.3 Å². The van der Waals surface area contributed by atoms with Gasteiger partial charge in [0.25, 0.3) is 0 Å². The van der Waals surface area contributed by atoms with Crippen molar-refractivity contribution in [2.75, 3.05) is 19.8 Å². The molecule has 0 saturated carbocycles. The second kappa shape index (κ2) is 6.32. The lowest BCUT2D eigenvalue weighted by Gasteiger charge is -2.24. The predicted molar refractivity (Wildman–Crippen MR) is 72.3 cm³/mol. The summed E-state index contributed by atoms with van der Waals surface area (Å²) in [6.07, 6.45) is 2.95. The van der Waals surface area contributed by atoms with Crippen LogP contribution in [0.3, 0.4) is 0 Å². The van der Waals surface area contributed by atoms with Crippen LogP contribution in [0.25, 0.3) is 6.08 Å². The molecule has 4 heteroatoms. The lowest BCUT2D eigenvalue weighted by Crippen LogP contribution is -2.41. The molecule has 1 aromatic rings. The van der Waals surface area contributed by atoms with E-state index in [1.807, 2.05) is 6.08 Å². The van der Waals surface area contributed by atoms with Crippen LogP contribution in [0.2, 0.25) is 5.02 Å². The van der Waals surface area contributed by atoms with Crippen LogP contribution in [-0.2, 0) is 4.74 Å². The van der Waals surface area contributed by atoms with Crippen LogP contribution in [0, 0.1) is 5.82 Å². The van der Waals surface area contributed by atoms with Crippen molar-refractivity contribution >= 4 is 17.7 Å². The molecule has 1 heterocycles. The van der Waals surface area contributed by atoms with Crippen molar-refractivity contribution in [2.24, 2.45) is 0 Å². The maximum Gasteiger partial charge on any atom is 0.141 e. The monoisotopic (exact) mass is 269 g/mol. The standard InChI is InChI=1S/C14H17ClFNO/c1-10(7-12-9-18-5-4-17-12)6-11-2-3-14(16)13(15)8-11/h2-3,6,8,12,17H,4-5,7,9H2,1H3/b10-6-. The lowest BCUT2D eigenvalue weighted by atomic mass is 10.0. The number of morpholine rings is 1. The number of ether oxygens (including phenoxy) is 1. The minimum Gasteiger partial charge on any atom is -0.379 e. The van der Waals surface area contributed by atoms with Crippen molar-refractivity contribution in [3.8, 4) is 0 Å². The van der Waals surface area contributed by atoms with E-state index in [-0.39, 0.29) is 10.8 Å². The van der Waals surface area contributed by atoms with E-state index in [1.165, 1.54) is 11.6 Å². The van der Waals surface area contributed by atoms with E-state index < -0.39 is 0 Å². The Morgan fingerprint density at radius 3 is 3.11 bits per heavy atom. The van der Waals surface area contributed by atoms with E-state index in [4.69, 9.17) is 16.3 Å². The highest BCUT2D eigenvalue weighted by atomic mass is 35.5. The third-order valence-electron chi connectivity index (χ3n) is 2.92. The maximum atomic E-state index is 13.0. The Bertz CT molecular complexity index is 441. The normalized spacial score (nSPS) is 21.1. The van der Waals surface area contributed by atoms with Crippen molar-refractivity contribution in [3.63, 3.8) is 0 Å². The number of halogens is 2. The molecule has 1 saturated heterocycles. The van der Waals surface area contributed by atoms with E-state index in [9.17, 15) is 4.39 Å². The molecule has 0 radical (unpaired) electrons. The minimum atomic E-state index is -0.381. The van der Waals surface area contributed by atoms with E-state index in [2.05, 4.69) is 12.2 Å². The van der Waals surface area contributed by atoms with E-state index >= 15 is 0 Å². The molecule has 2 nitrogen and oxygen atoms in total. The molecule has 1 fully saturated rings. The largest absolute Gasteiger partial charge is 0.379 e. The molecule has 18 heavy (non-hydrogen) atoms. The fourth-order valence-corrected chi connectivity index (χ4v) is 2.27. The highest BCUT2D eigenvalue weighted by Gasteiger charge is 2.12. The van der Waals surface area contributed by atoms with Gasteiger partial charge in [-0.3, -0.25) is 0 Å². The number of benzene rings is 1. The molecule has 0 spiro atoms. The molecule has 98 valence electrons. The SMILES string of the molecule is C/C(=C/c1ccc(F)c(Cl)c1)CC1COCCN1. The molecule has 0 bridgehead atoms. The molecule has 2 rings (SSSR count). The summed E-state index contributed by atoms with van der Waals surface area (Å²) < 4.78 is 18.4. The average Bonchev–Trinajstić information content (AvgIpc) is 2.35. The van der Waals surface area contributed by atoms with Crippen LogP contribution in [0.15, 0.2) is 23.8 Å². The first kappa shape index (κ1) is 13.5. The first-order chi connectivity index (χ1) is 8.65. The summed E-state index contributed by atoms with van der Waals surface area (Å²) >= 11 is 5.75. The molecule has 1 N–H and O–H groups in total. The highest BCUT2D eigenvalue weighted by molar-refractivity contribution is 6.30. The van der Waals surface area contributed by atoms with Gasteiger partial charge in [0, 0.05) is 12.6 Å². The smallest absolute Gasteiger partial charge is 0.141 e. The Kier molecular flexibility index (Phi) is 4.75. The molecule has 0 aliphatic carbocycles. The summed E-state index contributed by atoms with van der Waals surface area (Å²) in [5.41, 5.74) is 2.15. The molecule has 0 aromatic heterocycles. The molecule has 1 aliphatic heterocycles. The van der Waals surface area contributed by atoms with Crippen LogP contribution in [0.5, 0.6) is 0 Å². The van der Waals surface area contributed by atoms with E-state index in [0.717, 1.165) is 31.7 Å². The fourth-order valence-electron chi connectivity index (χ4n) is 2.09. The lowest BCUT2D eigenvalue weighted by molar-refractivity contribution is 0.0771. The molecule has 1 unspecified atom stereocenters. The van der Waals surface area contributed by atoms with Gasteiger partial charge >= 0.3 is 0 Å². The third-order valence-corrected chi connectivity index (χ3v) is 3.21. The van der Waals surface area contributed by atoms with Crippen LogP contribution in [-0.4, -0.2) is 25.8 Å². The van der Waals surface area contributed by atoms with Crippen molar-refractivity contribution in [2.45, 2.75) is 19.4 Å². The first-order valence-electron chi connectivity index (χ1n) is 6.08. The third kappa shape index (κ3) is 3.80. The Morgan fingerprint density at radius 2 is 2.44 bits per heavy atom. The number of nitrogens with one attached hydrogen (secondary N) is 1. The Labute approximate surface area is 112 Å². The summed E-state index contributed by atoms with van der Waals surface area (Å²) in [4.78, 5) is 0.